The van der Waals surface area contributed by atoms with E-state index in [0.717, 1.165) is 24.0 Å². The topological polar surface area (TPSA) is 35.5 Å². The summed E-state index contributed by atoms with van der Waals surface area (Å²) >= 11 is 0. The molecule has 0 N–H and O–H groups in total. The zero-order chi connectivity index (χ0) is 14.2. The Morgan fingerprint density at radius 1 is 1.00 bits per heavy atom. The fourth-order valence-electron chi connectivity index (χ4n) is 1.87. The quantitative estimate of drug-likeness (QED) is 0.570. The number of benzene rings is 2. The molecule has 0 aliphatic carbocycles. The fraction of sp³-hybridized carbons (Fsp3) is 0.235. The van der Waals surface area contributed by atoms with Gasteiger partial charge < -0.3 is 9.47 Å². The molecule has 0 fully saturated rings. The van der Waals surface area contributed by atoms with Gasteiger partial charge in [-0.05, 0) is 36.2 Å². The van der Waals surface area contributed by atoms with Crippen molar-refractivity contribution in [3.63, 3.8) is 0 Å². The molecular formula is C17H18O3. The van der Waals surface area contributed by atoms with Crippen LogP contribution in [0.3, 0.4) is 0 Å². The molecule has 0 amide bonds. The number of ether oxygens (including phenoxy) is 2. The van der Waals surface area contributed by atoms with Crippen LogP contribution < -0.4 is 9.47 Å². The van der Waals surface area contributed by atoms with Crippen LogP contribution in [0.15, 0.2) is 48.5 Å². The second-order valence-corrected chi connectivity index (χ2v) is 4.35. The largest absolute Gasteiger partial charge is 0.490 e. The van der Waals surface area contributed by atoms with Crippen LogP contribution in [-0.4, -0.2) is 19.5 Å². The Labute approximate surface area is 119 Å². The van der Waals surface area contributed by atoms with Crippen LogP contribution in [0.2, 0.25) is 0 Å². The van der Waals surface area contributed by atoms with Crippen molar-refractivity contribution in [1.29, 1.82) is 0 Å². The molecule has 3 nitrogen and oxygen atoms in total. The summed E-state index contributed by atoms with van der Waals surface area (Å²) in [5, 5.41) is 0. The van der Waals surface area contributed by atoms with Crippen molar-refractivity contribution >= 4 is 6.29 Å². The predicted molar refractivity (Wildman–Crippen MR) is 78.6 cm³/mol. The Bertz CT molecular complexity index is 549. The van der Waals surface area contributed by atoms with Gasteiger partial charge in [0.15, 0.2) is 6.29 Å². The highest BCUT2D eigenvalue weighted by molar-refractivity contribution is 5.79. The SMILES string of the molecule is CCc1ccc(OCCOc2ccccc2)c(C=O)c1. The summed E-state index contributed by atoms with van der Waals surface area (Å²) in [6.07, 6.45) is 1.73. The van der Waals surface area contributed by atoms with E-state index in [1.165, 1.54) is 0 Å². The van der Waals surface area contributed by atoms with Crippen LogP contribution >= 0.6 is 0 Å². The highest BCUT2D eigenvalue weighted by atomic mass is 16.5. The Morgan fingerprint density at radius 2 is 1.75 bits per heavy atom. The van der Waals surface area contributed by atoms with Crippen LogP contribution in [0.5, 0.6) is 11.5 Å². The van der Waals surface area contributed by atoms with E-state index in [9.17, 15) is 4.79 Å². The number of hydrogen-bond acceptors (Lipinski definition) is 3. The van der Waals surface area contributed by atoms with E-state index < -0.39 is 0 Å². The predicted octanol–water partition coefficient (Wildman–Crippen LogP) is 3.52. The van der Waals surface area contributed by atoms with Gasteiger partial charge in [0.2, 0.25) is 0 Å². The van der Waals surface area contributed by atoms with Gasteiger partial charge in [0, 0.05) is 0 Å². The molecule has 2 aromatic carbocycles. The molecule has 0 spiro atoms. The van der Waals surface area contributed by atoms with E-state index in [0.29, 0.717) is 24.5 Å². The van der Waals surface area contributed by atoms with Crippen LogP contribution in [0, 0.1) is 0 Å². The van der Waals surface area contributed by atoms with E-state index in [1.807, 2.05) is 48.5 Å². The van der Waals surface area contributed by atoms with Gasteiger partial charge in [-0.1, -0.05) is 31.2 Å². The Balaban J connectivity index is 1.86. The molecule has 0 aliphatic rings. The molecule has 0 atom stereocenters. The maximum atomic E-state index is 11.0. The van der Waals surface area contributed by atoms with Crippen molar-refractivity contribution in [2.45, 2.75) is 13.3 Å². The van der Waals surface area contributed by atoms with Gasteiger partial charge in [-0.3, -0.25) is 4.79 Å². The minimum atomic E-state index is 0.404. The summed E-state index contributed by atoms with van der Waals surface area (Å²) in [6.45, 7) is 2.90. The third-order valence-electron chi connectivity index (χ3n) is 2.96. The molecule has 0 saturated carbocycles. The first-order valence-electron chi connectivity index (χ1n) is 6.72. The lowest BCUT2D eigenvalue weighted by atomic mass is 10.1. The Kier molecular flexibility index (Phi) is 5.18. The number of carbonyl (C=O) groups is 1. The minimum absolute atomic E-state index is 0.404. The third kappa shape index (κ3) is 3.85. The molecule has 20 heavy (non-hydrogen) atoms. The molecule has 2 rings (SSSR count). The first-order valence-corrected chi connectivity index (χ1v) is 6.72. The first kappa shape index (κ1) is 14.1. The lowest BCUT2D eigenvalue weighted by Crippen LogP contribution is -2.10. The summed E-state index contributed by atoms with van der Waals surface area (Å²) in [4.78, 5) is 11.0. The summed E-state index contributed by atoms with van der Waals surface area (Å²) in [6, 6.07) is 15.2. The molecular weight excluding hydrogens is 252 g/mol. The van der Waals surface area contributed by atoms with E-state index in [-0.39, 0.29) is 0 Å². The third-order valence-corrected chi connectivity index (χ3v) is 2.96. The van der Waals surface area contributed by atoms with Gasteiger partial charge in [-0.25, -0.2) is 0 Å². The number of aryl methyl sites for hydroxylation is 1. The van der Waals surface area contributed by atoms with E-state index >= 15 is 0 Å². The standard InChI is InChI=1S/C17H18O3/c1-2-14-8-9-17(15(12-14)13-18)20-11-10-19-16-6-4-3-5-7-16/h3-9,12-13H,2,10-11H2,1H3. The molecule has 0 unspecified atom stereocenters. The zero-order valence-corrected chi connectivity index (χ0v) is 11.5. The number of hydrogen-bond donors (Lipinski definition) is 0. The van der Waals surface area contributed by atoms with E-state index in [4.69, 9.17) is 9.47 Å². The maximum absolute atomic E-state index is 11.0. The van der Waals surface area contributed by atoms with Gasteiger partial charge in [0.25, 0.3) is 0 Å². The number of aldehydes is 1. The summed E-state index contributed by atoms with van der Waals surface area (Å²) in [5.74, 6) is 1.42. The second kappa shape index (κ2) is 7.34. The number of rotatable bonds is 7. The van der Waals surface area contributed by atoms with Crippen molar-refractivity contribution in [3.05, 3.63) is 59.7 Å². The average Bonchev–Trinajstić information content (AvgIpc) is 2.52. The summed E-state index contributed by atoms with van der Waals surface area (Å²) < 4.78 is 11.1. The molecule has 2 aromatic rings. The van der Waals surface area contributed by atoms with Crippen LogP contribution in [-0.2, 0) is 6.42 Å². The van der Waals surface area contributed by atoms with Gasteiger partial charge in [-0.15, -0.1) is 0 Å². The minimum Gasteiger partial charge on any atom is -0.490 e. The summed E-state index contributed by atoms with van der Waals surface area (Å²) in [5.41, 5.74) is 1.71. The Hall–Kier alpha value is -2.29. The normalized spacial score (nSPS) is 10.1. The van der Waals surface area contributed by atoms with E-state index in [1.54, 1.807) is 0 Å². The molecule has 0 radical (unpaired) electrons. The highest BCUT2D eigenvalue weighted by Crippen LogP contribution is 2.19. The second-order valence-electron chi connectivity index (χ2n) is 4.35. The van der Waals surface area contributed by atoms with Crippen LogP contribution in [0.1, 0.15) is 22.8 Å². The van der Waals surface area contributed by atoms with Crippen LogP contribution in [0.25, 0.3) is 0 Å². The fourth-order valence-corrected chi connectivity index (χ4v) is 1.87. The number of carbonyl (C=O) groups excluding carboxylic acids is 1. The van der Waals surface area contributed by atoms with E-state index in [2.05, 4.69) is 6.92 Å². The molecule has 0 bridgehead atoms. The van der Waals surface area contributed by atoms with Crippen molar-refractivity contribution in [1.82, 2.24) is 0 Å². The van der Waals surface area contributed by atoms with Crippen LogP contribution in [0.4, 0.5) is 0 Å². The molecule has 0 heterocycles. The molecule has 104 valence electrons. The smallest absolute Gasteiger partial charge is 0.153 e. The zero-order valence-electron chi connectivity index (χ0n) is 11.5. The first-order chi connectivity index (χ1) is 9.83. The van der Waals surface area contributed by atoms with Gasteiger partial charge in [-0.2, -0.15) is 0 Å². The number of para-hydroxylation sites is 1. The molecule has 0 saturated heterocycles. The summed E-state index contributed by atoms with van der Waals surface area (Å²) in [7, 11) is 0. The highest BCUT2D eigenvalue weighted by Gasteiger charge is 2.04. The van der Waals surface area contributed by atoms with Crippen molar-refractivity contribution in [2.24, 2.45) is 0 Å². The molecule has 0 aromatic heterocycles. The maximum Gasteiger partial charge on any atom is 0.153 e. The van der Waals surface area contributed by atoms with Gasteiger partial charge in [0.05, 0.1) is 5.56 Å². The molecule has 0 aliphatic heterocycles. The van der Waals surface area contributed by atoms with Gasteiger partial charge in [0.1, 0.15) is 24.7 Å². The monoisotopic (exact) mass is 270 g/mol. The lowest BCUT2D eigenvalue weighted by molar-refractivity contribution is 0.111. The van der Waals surface area contributed by atoms with Crippen molar-refractivity contribution in [2.75, 3.05) is 13.2 Å². The average molecular weight is 270 g/mol. The van der Waals surface area contributed by atoms with Gasteiger partial charge >= 0.3 is 0 Å². The lowest BCUT2D eigenvalue weighted by Gasteiger charge is -2.10. The Morgan fingerprint density at radius 3 is 2.45 bits per heavy atom. The van der Waals surface area contributed by atoms with Crippen molar-refractivity contribution < 1.29 is 14.3 Å². The molecule has 3 heteroatoms. The van der Waals surface area contributed by atoms with Crippen molar-refractivity contribution in [3.8, 4) is 11.5 Å².